The van der Waals surface area contributed by atoms with Gasteiger partial charge in [0, 0.05) is 24.0 Å². The molecule has 0 bridgehead atoms. The van der Waals surface area contributed by atoms with Crippen LogP contribution < -0.4 is 21.7 Å². The minimum atomic E-state index is -0.0755. The summed E-state index contributed by atoms with van der Waals surface area (Å²) < 4.78 is 0. The van der Waals surface area contributed by atoms with Crippen LogP contribution in [-0.4, -0.2) is 73.2 Å². The van der Waals surface area contributed by atoms with Crippen molar-refractivity contribution in [1.29, 1.82) is 0 Å². The molecular formula is C15H29N5O2S. The van der Waals surface area contributed by atoms with Gasteiger partial charge in [0.2, 0.25) is 5.91 Å². The molecule has 2 fully saturated rings. The maximum Gasteiger partial charge on any atom is 0.315 e. The van der Waals surface area contributed by atoms with Gasteiger partial charge in [0.05, 0.1) is 12.1 Å². The lowest BCUT2D eigenvalue weighted by Gasteiger charge is -2.17. The van der Waals surface area contributed by atoms with Crippen LogP contribution in [0.2, 0.25) is 0 Å². The van der Waals surface area contributed by atoms with Gasteiger partial charge in [-0.15, -0.1) is 0 Å². The van der Waals surface area contributed by atoms with Crippen LogP contribution in [0.3, 0.4) is 0 Å². The van der Waals surface area contributed by atoms with E-state index in [1.807, 2.05) is 11.8 Å². The third kappa shape index (κ3) is 5.86. The van der Waals surface area contributed by atoms with Gasteiger partial charge < -0.3 is 26.6 Å². The summed E-state index contributed by atoms with van der Waals surface area (Å²) >= 11 is 1.84. The maximum absolute atomic E-state index is 11.9. The van der Waals surface area contributed by atoms with Gasteiger partial charge in [-0.2, -0.15) is 11.8 Å². The molecule has 3 amide bonds. The number of urea groups is 1. The largest absolute Gasteiger partial charge is 0.356 e. The summed E-state index contributed by atoms with van der Waals surface area (Å²) in [5, 5.41) is 9.19. The van der Waals surface area contributed by atoms with Crippen molar-refractivity contribution < 1.29 is 9.59 Å². The fourth-order valence-electron chi connectivity index (χ4n) is 3.05. The summed E-state index contributed by atoms with van der Waals surface area (Å²) in [6, 6.07) is 0.328. The Morgan fingerprint density at radius 2 is 2.17 bits per heavy atom. The molecule has 5 N–H and O–H groups in total. The monoisotopic (exact) mass is 343 g/mol. The molecule has 0 unspecified atom stereocenters. The topological polar surface area (TPSA) is 99.5 Å². The Labute approximate surface area is 142 Å². The zero-order valence-corrected chi connectivity index (χ0v) is 14.7. The van der Waals surface area contributed by atoms with Gasteiger partial charge in [0.15, 0.2) is 0 Å². The van der Waals surface area contributed by atoms with Gasteiger partial charge in [-0.05, 0) is 45.9 Å². The molecule has 2 saturated heterocycles. The van der Waals surface area contributed by atoms with Crippen LogP contribution in [0.25, 0.3) is 0 Å². The quantitative estimate of drug-likeness (QED) is 0.323. The Kier molecular flexibility index (Phi) is 7.45. The zero-order chi connectivity index (χ0) is 16.7. The number of hydrogen-bond donors (Lipinski definition) is 4. The molecular weight excluding hydrogens is 314 g/mol. The maximum atomic E-state index is 11.9. The highest BCUT2D eigenvalue weighted by molar-refractivity contribution is 8.00. The molecule has 7 nitrogen and oxygen atoms in total. The number of thioether (sulfide) groups is 1. The third-order valence-electron chi connectivity index (χ3n) is 4.38. The number of carbonyl (C=O) groups excluding carboxylic acids is 2. The van der Waals surface area contributed by atoms with Crippen LogP contribution in [0.1, 0.15) is 25.7 Å². The number of carbonyl (C=O) groups is 2. The molecule has 0 spiro atoms. The second-order valence-corrected chi connectivity index (χ2v) is 7.58. The normalized spacial score (nSPS) is 26.0. The summed E-state index contributed by atoms with van der Waals surface area (Å²) in [5.74, 6) is 1.04. The molecule has 0 saturated carbocycles. The molecule has 2 aliphatic rings. The number of nitrogens with zero attached hydrogens (tertiary/aromatic N) is 1. The second kappa shape index (κ2) is 9.34. The first kappa shape index (κ1) is 18.4. The summed E-state index contributed by atoms with van der Waals surface area (Å²) in [7, 11) is 2.08. The molecule has 0 aromatic carbocycles. The summed E-state index contributed by atoms with van der Waals surface area (Å²) in [6.45, 7) is 3.41. The lowest BCUT2D eigenvalue weighted by molar-refractivity contribution is -0.121. The highest BCUT2D eigenvalue weighted by Crippen LogP contribution is 2.32. The SMILES string of the molecule is CN(CCCN)CCCNC(=O)CC[C@@H]1SC[C@@H]2NC(=O)N[C@@H]21. The number of nitrogens with one attached hydrogen (secondary N) is 3. The van der Waals surface area contributed by atoms with Crippen molar-refractivity contribution >= 4 is 23.7 Å². The molecule has 2 aliphatic heterocycles. The molecule has 23 heavy (non-hydrogen) atoms. The number of hydrogen-bond acceptors (Lipinski definition) is 5. The Morgan fingerprint density at radius 3 is 2.96 bits per heavy atom. The predicted octanol–water partition coefficient (Wildman–Crippen LogP) is -0.281. The number of fused-ring (bicyclic) bond motifs is 1. The highest BCUT2D eigenvalue weighted by atomic mass is 32.2. The Morgan fingerprint density at radius 1 is 1.39 bits per heavy atom. The highest BCUT2D eigenvalue weighted by Gasteiger charge is 2.42. The van der Waals surface area contributed by atoms with Crippen LogP contribution in [-0.2, 0) is 4.79 Å². The Hall–Kier alpha value is -0.990. The van der Waals surface area contributed by atoms with Gasteiger partial charge in [-0.3, -0.25) is 4.79 Å². The van der Waals surface area contributed by atoms with E-state index in [4.69, 9.17) is 5.73 Å². The van der Waals surface area contributed by atoms with E-state index in [2.05, 4.69) is 27.9 Å². The Balaban J connectivity index is 1.53. The smallest absolute Gasteiger partial charge is 0.315 e. The van der Waals surface area contributed by atoms with Gasteiger partial charge in [-0.25, -0.2) is 4.79 Å². The molecule has 3 atom stereocenters. The molecule has 0 radical (unpaired) electrons. The van der Waals surface area contributed by atoms with E-state index in [0.29, 0.717) is 18.2 Å². The van der Waals surface area contributed by atoms with Crippen molar-refractivity contribution in [1.82, 2.24) is 20.9 Å². The number of amides is 3. The van der Waals surface area contributed by atoms with Gasteiger partial charge >= 0.3 is 6.03 Å². The van der Waals surface area contributed by atoms with Crippen molar-refractivity contribution in [2.24, 2.45) is 5.73 Å². The van der Waals surface area contributed by atoms with E-state index >= 15 is 0 Å². The average molecular weight is 343 g/mol. The van der Waals surface area contributed by atoms with Crippen LogP contribution in [0.5, 0.6) is 0 Å². The van der Waals surface area contributed by atoms with E-state index in [0.717, 1.165) is 44.6 Å². The van der Waals surface area contributed by atoms with Crippen molar-refractivity contribution in [3.05, 3.63) is 0 Å². The fourth-order valence-corrected chi connectivity index (χ4v) is 4.55. The molecule has 0 aliphatic carbocycles. The van der Waals surface area contributed by atoms with E-state index in [1.54, 1.807) is 0 Å². The summed E-state index contributed by atoms with van der Waals surface area (Å²) in [6.07, 6.45) is 3.31. The first-order chi connectivity index (χ1) is 11.1. The predicted molar refractivity (Wildman–Crippen MR) is 93.5 cm³/mol. The standard InChI is InChI=1S/C15H29N5O2S/c1-20(8-2-6-16)9-3-7-17-13(21)5-4-12-14-11(10-23-12)18-15(22)19-14/h11-12,14H,2-10,16H2,1H3,(H,17,21)(H2,18,19,22)/t11-,12-,14-/m0/s1. The minimum Gasteiger partial charge on any atom is -0.356 e. The van der Waals surface area contributed by atoms with Crippen LogP contribution in [0.15, 0.2) is 0 Å². The first-order valence-electron chi connectivity index (χ1n) is 8.44. The molecule has 2 heterocycles. The third-order valence-corrected chi connectivity index (χ3v) is 5.89. The number of rotatable bonds is 10. The molecule has 2 rings (SSSR count). The first-order valence-corrected chi connectivity index (χ1v) is 9.49. The van der Waals surface area contributed by atoms with Crippen molar-refractivity contribution in [3.63, 3.8) is 0 Å². The van der Waals surface area contributed by atoms with Crippen LogP contribution in [0.4, 0.5) is 4.79 Å². The van der Waals surface area contributed by atoms with E-state index < -0.39 is 0 Å². The van der Waals surface area contributed by atoms with E-state index in [9.17, 15) is 9.59 Å². The molecule has 8 heteroatoms. The fraction of sp³-hybridized carbons (Fsp3) is 0.867. The molecule has 0 aromatic heterocycles. The average Bonchev–Trinajstić information content (AvgIpc) is 3.06. The lowest BCUT2D eigenvalue weighted by atomic mass is 10.0. The van der Waals surface area contributed by atoms with Gasteiger partial charge in [-0.1, -0.05) is 0 Å². The second-order valence-electron chi connectivity index (χ2n) is 6.31. The van der Waals surface area contributed by atoms with Crippen molar-refractivity contribution in [3.8, 4) is 0 Å². The minimum absolute atomic E-state index is 0.0755. The Bertz CT molecular complexity index is 409. The van der Waals surface area contributed by atoms with Gasteiger partial charge in [0.1, 0.15) is 0 Å². The molecule has 132 valence electrons. The van der Waals surface area contributed by atoms with E-state index in [-0.39, 0.29) is 24.0 Å². The van der Waals surface area contributed by atoms with Crippen LogP contribution in [0, 0.1) is 0 Å². The van der Waals surface area contributed by atoms with Crippen molar-refractivity contribution in [2.45, 2.75) is 43.0 Å². The molecule has 0 aromatic rings. The van der Waals surface area contributed by atoms with Gasteiger partial charge in [0.25, 0.3) is 0 Å². The van der Waals surface area contributed by atoms with Crippen LogP contribution >= 0.6 is 11.8 Å². The van der Waals surface area contributed by atoms with Crippen molar-refractivity contribution in [2.75, 3.05) is 39.0 Å². The summed E-state index contributed by atoms with van der Waals surface area (Å²) in [4.78, 5) is 25.5. The zero-order valence-electron chi connectivity index (χ0n) is 13.8. The van der Waals surface area contributed by atoms with E-state index in [1.165, 1.54) is 0 Å². The lowest BCUT2D eigenvalue weighted by Crippen LogP contribution is -2.37. The number of nitrogens with two attached hydrogens (primary N) is 1. The summed E-state index contributed by atoms with van der Waals surface area (Å²) in [5.41, 5.74) is 5.48.